The number of carbonyl (C=O) groups is 3. The zero-order chi connectivity index (χ0) is 25.4. The maximum Gasteiger partial charge on any atom is 0.238 e. The molecular weight excluding hydrogens is 455 g/mol. The first-order chi connectivity index (χ1) is 17.2. The third kappa shape index (κ3) is 2.84. The van der Waals surface area contributed by atoms with Gasteiger partial charge in [0.2, 0.25) is 5.91 Å². The second-order valence-electron chi connectivity index (χ2n) is 10.00. The summed E-state index contributed by atoms with van der Waals surface area (Å²) in [5.41, 5.74) is 4.17. The van der Waals surface area contributed by atoms with Crippen LogP contribution in [0.4, 0.5) is 15.8 Å². The molecule has 3 aliphatic heterocycles. The van der Waals surface area contributed by atoms with Gasteiger partial charge in [0.25, 0.3) is 0 Å². The normalized spacial score (nSPS) is 25.7. The van der Waals surface area contributed by atoms with Crippen LogP contribution in [-0.2, 0) is 15.0 Å². The van der Waals surface area contributed by atoms with Gasteiger partial charge < -0.3 is 10.2 Å². The molecule has 0 bridgehead atoms. The molecule has 36 heavy (non-hydrogen) atoms. The topological polar surface area (TPSA) is 66.5 Å². The first-order valence-corrected chi connectivity index (χ1v) is 12.0. The van der Waals surface area contributed by atoms with Crippen molar-refractivity contribution in [3.05, 3.63) is 101 Å². The lowest BCUT2D eigenvalue weighted by Crippen LogP contribution is -2.51. The lowest BCUT2D eigenvalue weighted by atomic mass is 9.64. The maximum atomic E-state index is 14.3. The van der Waals surface area contributed by atoms with Gasteiger partial charge in [-0.1, -0.05) is 35.9 Å². The highest BCUT2D eigenvalue weighted by molar-refractivity contribution is 6.16. The van der Waals surface area contributed by atoms with Crippen LogP contribution in [0.25, 0.3) is 5.57 Å². The average Bonchev–Trinajstić information content (AvgIpc) is 3.32. The Balaban J connectivity index is 1.68. The molecule has 3 aliphatic rings. The largest absolute Gasteiger partial charge is 0.352 e. The van der Waals surface area contributed by atoms with Crippen molar-refractivity contribution >= 4 is 34.4 Å². The predicted octanol–water partition coefficient (Wildman–Crippen LogP) is 5.09. The van der Waals surface area contributed by atoms with Gasteiger partial charge in [0.1, 0.15) is 11.2 Å². The number of halogens is 1. The third-order valence-electron chi connectivity index (χ3n) is 7.96. The van der Waals surface area contributed by atoms with Crippen LogP contribution in [0.5, 0.6) is 0 Å². The van der Waals surface area contributed by atoms with Crippen LogP contribution in [0, 0.1) is 18.7 Å². The second-order valence-corrected chi connectivity index (χ2v) is 10.00. The number of ketones is 2. The molecular formula is C30H25FN2O3. The number of aryl methyl sites for hydroxylation is 1. The van der Waals surface area contributed by atoms with Crippen LogP contribution in [0.3, 0.4) is 0 Å². The average molecular weight is 481 g/mol. The van der Waals surface area contributed by atoms with Crippen LogP contribution >= 0.6 is 0 Å². The summed E-state index contributed by atoms with van der Waals surface area (Å²) in [6.45, 7) is 5.48. The summed E-state index contributed by atoms with van der Waals surface area (Å²) >= 11 is 0. The third-order valence-corrected chi connectivity index (χ3v) is 7.96. The molecule has 0 unspecified atom stereocenters. The molecule has 3 aromatic carbocycles. The molecule has 0 saturated carbocycles. The van der Waals surface area contributed by atoms with Gasteiger partial charge in [-0.25, -0.2) is 4.39 Å². The Morgan fingerprint density at radius 1 is 1.00 bits per heavy atom. The fourth-order valence-electron chi connectivity index (χ4n) is 6.49. The highest BCUT2D eigenvalue weighted by Gasteiger charge is 2.70. The van der Waals surface area contributed by atoms with E-state index in [1.165, 1.54) is 31.2 Å². The van der Waals surface area contributed by atoms with E-state index in [4.69, 9.17) is 0 Å². The van der Waals surface area contributed by atoms with E-state index in [9.17, 15) is 18.8 Å². The van der Waals surface area contributed by atoms with Crippen LogP contribution < -0.4 is 10.2 Å². The number of para-hydroxylation sites is 1. The van der Waals surface area contributed by atoms with Gasteiger partial charge >= 0.3 is 0 Å². The van der Waals surface area contributed by atoms with Crippen molar-refractivity contribution in [2.45, 2.75) is 38.3 Å². The molecule has 0 aliphatic carbocycles. The molecule has 180 valence electrons. The van der Waals surface area contributed by atoms with E-state index in [0.717, 1.165) is 22.4 Å². The summed E-state index contributed by atoms with van der Waals surface area (Å²) in [5, 5.41) is 3.00. The monoisotopic (exact) mass is 480 g/mol. The Morgan fingerprint density at radius 3 is 2.44 bits per heavy atom. The van der Waals surface area contributed by atoms with Crippen molar-refractivity contribution < 1.29 is 18.8 Å². The van der Waals surface area contributed by atoms with Crippen molar-refractivity contribution in [1.82, 2.24) is 0 Å². The molecule has 6 rings (SSSR count). The number of nitrogens with one attached hydrogen (secondary N) is 1. The number of anilines is 2. The highest BCUT2D eigenvalue weighted by Crippen LogP contribution is 2.58. The number of hydrogen-bond donors (Lipinski definition) is 1. The van der Waals surface area contributed by atoms with Gasteiger partial charge in [-0.3, -0.25) is 14.4 Å². The van der Waals surface area contributed by atoms with Crippen LogP contribution in [-0.4, -0.2) is 29.6 Å². The van der Waals surface area contributed by atoms with E-state index in [1.807, 2.05) is 61.2 Å². The van der Waals surface area contributed by atoms with Crippen LogP contribution in [0.1, 0.15) is 40.9 Å². The summed E-state index contributed by atoms with van der Waals surface area (Å²) < 4.78 is 13.7. The van der Waals surface area contributed by atoms with Crippen molar-refractivity contribution in [3.63, 3.8) is 0 Å². The zero-order valence-electron chi connectivity index (χ0n) is 20.2. The smallest absolute Gasteiger partial charge is 0.238 e. The molecule has 6 heteroatoms. The van der Waals surface area contributed by atoms with Crippen LogP contribution in [0.2, 0.25) is 0 Å². The van der Waals surface area contributed by atoms with Gasteiger partial charge in [-0.15, -0.1) is 0 Å². The van der Waals surface area contributed by atoms with Crippen molar-refractivity contribution in [2.24, 2.45) is 5.92 Å². The van der Waals surface area contributed by atoms with Gasteiger partial charge in [0.15, 0.2) is 11.6 Å². The van der Waals surface area contributed by atoms with Gasteiger partial charge in [-0.2, -0.15) is 0 Å². The first kappa shape index (κ1) is 22.4. The Bertz CT molecular complexity index is 1490. The summed E-state index contributed by atoms with van der Waals surface area (Å²) in [6, 6.07) is 17.3. The summed E-state index contributed by atoms with van der Waals surface area (Å²) in [5.74, 6) is -2.32. The quantitative estimate of drug-likeness (QED) is 0.531. The summed E-state index contributed by atoms with van der Waals surface area (Å²) in [4.78, 5) is 43.7. The number of allylic oxidation sites excluding steroid dienone is 1. The van der Waals surface area contributed by atoms with Gasteiger partial charge in [-0.05, 0) is 74.4 Å². The second kappa shape index (κ2) is 7.72. The van der Waals surface area contributed by atoms with E-state index in [1.54, 1.807) is 0 Å². The lowest BCUT2D eigenvalue weighted by molar-refractivity contribution is -0.122. The van der Waals surface area contributed by atoms with Crippen molar-refractivity contribution in [1.29, 1.82) is 0 Å². The maximum absolute atomic E-state index is 14.3. The number of fused-ring (bicyclic) bond motifs is 6. The van der Waals surface area contributed by atoms with E-state index < -0.39 is 29.2 Å². The number of Topliss-reactive ketones (excluding diaryl/α,β-unsaturated/α-hetero) is 2. The van der Waals surface area contributed by atoms with E-state index in [0.29, 0.717) is 11.3 Å². The standard InChI is InChI=1S/C30H25FN2O3/c1-16-8-13-24-21(14-16)17(2)15-25-30(22-6-4-5-7-23(22)32-29(30)36)26(27(18(3)34)33(24)25)28(35)19-9-11-20(31)12-10-19/h4-15,25-27H,1-3H3,(H,32,36)/t25-,26+,27+,30-/m0/s1. The Morgan fingerprint density at radius 2 is 1.72 bits per heavy atom. The molecule has 1 amide bonds. The summed E-state index contributed by atoms with van der Waals surface area (Å²) in [7, 11) is 0. The lowest BCUT2D eigenvalue weighted by Gasteiger charge is -2.39. The van der Waals surface area contributed by atoms with Crippen molar-refractivity contribution in [3.8, 4) is 0 Å². The molecule has 1 spiro atoms. The molecule has 5 nitrogen and oxygen atoms in total. The van der Waals surface area contributed by atoms with Gasteiger partial charge in [0, 0.05) is 22.5 Å². The number of nitrogens with zero attached hydrogens (tertiary/aromatic N) is 1. The van der Waals surface area contributed by atoms with Crippen LogP contribution in [0.15, 0.2) is 72.8 Å². The molecule has 3 aromatic rings. The molecule has 0 aromatic heterocycles. The fourth-order valence-corrected chi connectivity index (χ4v) is 6.49. The Hall–Kier alpha value is -4.06. The number of carbonyl (C=O) groups excluding carboxylic acids is 3. The number of benzene rings is 3. The van der Waals surface area contributed by atoms with Crippen molar-refractivity contribution in [2.75, 3.05) is 10.2 Å². The molecule has 1 saturated heterocycles. The summed E-state index contributed by atoms with van der Waals surface area (Å²) in [6.07, 6.45) is 2.03. The Labute approximate surface area is 208 Å². The molecule has 1 N–H and O–H groups in total. The molecule has 4 atom stereocenters. The highest BCUT2D eigenvalue weighted by atomic mass is 19.1. The van der Waals surface area contributed by atoms with E-state index >= 15 is 0 Å². The molecule has 0 radical (unpaired) electrons. The van der Waals surface area contributed by atoms with Gasteiger partial charge in [0.05, 0.1) is 18.0 Å². The first-order valence-electron chi connectivity index (χ1n) is 12.0. The van der Waals surface area contributed by atoms with E-state index in [-0.39, 0.29) is 23.0 Å². The zero-order valence-corrected chi connectivity index (χ0v) is 20.2. The van der Waals surface area contributed by atoms with E-state index in [2.05, 4.69) is 11.4 Å². The minimum atomic E-state index is -1.33. The number of hydrogen-bond acceptors (Lipinski definition) is 4. The minimum Gasteiger partial charge on any atom is -0.352 e. The predicted molar refractivity (Wildman–Crippen MR) is 137 cm³/mol. The minimum absolute atomic E-state index is 0.200. The number of amides is 1. The fraction of sp³-hybridized carbons (Fsp3) is 0.233. The SMILES string of the molecule is CC(=O)[C@@H]1[C@H](C(=O)c2ccc(F)cc2)[C@@]2(C(=O)Nc3ccccc32)[C@@H]2C=C(C)c3cc(C)ccc3N12. The Kier molecular flexibility index (Phi) is 4.80. The number of rotatable bonds is 3. The molecule has 1 fully saturated rings. The molecule has 3 heterocycles.